The predicted molar refractivity (Wildman–Crippen MR) is 115 cm³/mol. The highest BCUT2D eigenvalue weighted by molar-refractivity contribution is 5.79. The van der Waals surface area contributed by atoms with Crippen molar-refractivity contribution in [2.75, 3.05) is 72.1 Å². The van der Waals surface area contributed by atoms with E-state index in [-0.39, 0.29) is 17.2 Å². The molecule has 3 aliphatic rings. The van der Waals surface area contributed by atoms with Crippen LogP contribution >= 0.6 is 0 Å². The standard InChI is InChI=1S/C23H34N4O3/c28-21(24-19-23(7-4-8-23)20-5-2-1-3-6-20)17-25-9-11-27(12-10-25)22(29)18-26-13-15-30-16-14-26/h1-3,5-6H,4,7-19H2,(H,24,28). The smallest absolute Gasteiger partial charge is 0.236 e. The summed E-state index contributed by atoms with van der Waals surface area (Å²) in [5.41, 5.74) is 1.45. The summed E-state index contributed by atoms with van der Waals surface area (Å²) >= 11 is 0. The molecular weight excluding hydrogens is 380 g/mol. The number of hydrogen-bond donors (Lipinski definition) is 1. The van der Waals surface area contributed by atoms with Gasteiger partial charge in [0.2, 0.25) is 11.8 Å². The van der Waals surface area contributed by atoms with Crippen molar-refractivity contribution in [3.05, 3.63) is 35.9 Å². The van der Waals surface area contributed by atoms with Crippen LogP contribution in [0.25, 0.3) is 0 Å². The Morgan fingerprint density at radius 1 is 0.900 bits per heavy atom. The van der Waals surface area contributed by atoms with Gasteiger partial charge in [-0.15, -0.1) is 0 Å². The number of ether oxygens (including phenoxy) is 1. The monoisotopic (exact) mass is 414 g/mol. The van der Waals surface area contributed by atoms with E-state index < -0.39 is 0 Å². The molecule has 2 saturated heterocycles. The third-order valence-corrected chi connectivity index (χ3v) is 6.88. The summed E-state index contributed by atoms with van der Waals surface area (Å²) in [4.78, 5) is 31.3. The van der Waals surface area contributed by atoms with Crippen LogP contribution in [-0.2, 0) is 19.7 Å². The Labute approximate surface area is 179 Å². The Bertz CT molecular complexity index is 708. The van der Waals surface area contributed by atoms with Crippen LogP contribution in [0.15, 0.2) is 30.3 Å². The number of rotatable bonds is 7. The van der Waals surface area contributed by atoms with Crippen molar-refractivity contribution >= 4 is 11.8 Å². The molecule has 0 bridgehead atoms. The lowest BCUT2D eigenvalue weighted by Crippen LogP contribution is -2.54. The van der Waals surface area contributed by atoms with Crippen molar-refractivity contribution in [2.45, 2.75) is 24.7 Å². The van der Waals surface area contributed by atoms with Gasteiger partial charge in [-0.3, -0.25) is 19.4 Å². The van der Waals surface area contributed by atoms with Crippen LogP contribution in [0.3, 0.4) is 0 Å². The minimum Gasteiger partial charge on any atom is -0.379 e. The molecule has 0 spiro atoms. The molecule has 0 unspecified atom stereocenters. The molecular formula is C23H34N4O3. The fourth-order valence-electron chi connectivity index (χ4n) is 4.70. The molecule has 164 valence electrons. The van der Waals surface area contributed by atoms with Crippen molar-refractivity contribution in [3.63, 3.8) is 0 Å². The first kappa shape index (κ1) is 21.3. The maximum absolute atomic E-state index is 12.6. The van der Waals surface area contributed by atoms with Crippen LogP contribution in [0.2, 0.25) is 0 Å². The van der Waals surface area contributed by atoms with Gasteiger partial charge in [0.05, 0.1) is 26.3 Å². The van der Waals surface area contributed by atoms with E-state index in [1.54, 1.807) is 0 Å². The Kier molecular flexibility index (Phi) is 7.02. The molecule has 1 N–H and O–H groups in total. The van der Waals surface area contributed by atoms with E-state index >= 15 is 0 Å². The maximum Gasteiger partial charge on any atom is 0.236 e. The van der Waals surface area contributed by atoms with Gasteiger partial charge >= 0.3 is 0 Å². The molecule has 1 aliphatic carbocycles. The molecule has 7 nitrogen and oxygen atoms in total. The minimum atomic E-state index is 0.0882. The molecule has 30 heavy (non-hydrogen) atoms. The second-order valence-corrected chi connectivity index (χ2v) is 8.82. The highest BCUT2D eigenvalue weighted by Crippen LogP contribution is 2.43. The van der Waals surface area contributed by atoms with Crippen molar-refractivity contribution in [1.29, 1.82) is 0 Å². The number of hydrogen-bond acceptors (Lipinski definition) is 5. The summed E-state index contributed by atoms with van der Waals surface area (Å²) in [7, 11) is 0. The number of nitrogens with zero attached hydrogens (tertiary/aromatic N) is 3. The average Bonchev–Trinajstić information content (AvgIpc) is 2.75. The van der Waals surface area contributed by atoms with E-state index in [2.05, 4.69) is 39.4 Å². The van der Waals surface area contributed by atoms with Gasteiger partial charge in [0.25, 0.3) is 0 Å². The largest absolute Gasteiger partial charge is 0.379 e. The third kappa shape index (κ3) is 5.20. The highest BCUT2D eigenvalue weighted by atomic mass is 16.5. The lowest BCUT2D eigenvalue weighted by atomic mass is 9.64. The summed E-state index contributed by atoms with van der Waals surface area (Å²) in [6.45, 7) is 7.60. The second kappa shape index (κ2) is 9.90. The van der Waals surface area contributed by atoms with Gasteiger partial charge in [0, 0.05) is 51.2 Å². The van der Waals surface area contributed by atoms with Crippen molar-refractivity contribution < 1.29 is 14.3 Å². The summed E-state index contributed by atoms with van der Waals surface area (Å²) in [5.74, 6) is 0.279. The Balaban J connectivity index is 1.18. The molecule has 4 rings (SSSR count). The quantitative estimate of drug-likeness (QED) is 0.712. The first-order valence-electron chi connectivity index (χ1n) is 11.3. The van der Waals surface area contributed by atoms with E-state index in [9.17, 15) is 9.59 Å². The number of piperazine rings is 1. The zero-order chi connectivity index (χ0) is 20.8. The fraction of sp³-hybridized carbons (Fsp3) is 0.652. The molecule has 0 atom stereocenters. The zero-order valence-electron chi connectivity index (χ0n) is 17.9. The zero-order valence-corrected chi connectivity index (χ0v) is 17.9. The topological polar surface area (TPSA) is 65.1 Å². The van der Waals surface area contributed by atoms with Crippen LogP contribution < -0.4 is 5.32 Å². The molecule has 3 fully saturated rings. The van der Waals surface area contributed by atoms with Crippen LogP contribution in [0, 0.1) is 0 Å². The minimum absolute atomic E-state index is 0.0882. The molecule has 7 heteroatoms. The van der Waals surface area contributed by atoms with E-state index in [0.29, 0.717) is 45.9 Å². The highest BCUT2D eigenvalue weighted by Gasteiger charge is 2.38. The molecule has 2 amide bonds. The summed E-state index contributed by atoms with van der Waals surface area (Å²) < 4.78 is 5.34. The van der Waals surface area contributed by atoms with Gasteiger partial charge in [-0.05, 0) is 18.4 Å². The molecule has 0 radical (unpaired) electrons. The number of amides is 2. The van der Waals surface area contributed by atoms with Crippen LogP contribution in [0.5, 0.6) is 0 Å². The maximum atomic E-state index is 12.6. The number of carbonyl (C=O) groups excluding carboxylic acids is 2. The van der Waals surface area contributed by atoms with Gasteiger partial charge in [-0.1, -0.05) is 36.8 Å². The Morgan fingerprint density at radius 2 is 1.57 bits per heavy atom. The van der Waals surface area contributed by atoms with E-state index in [0.717, 1.165) is 39.0 Å². The Hall–Kier alpha value is -1.96. The van der Waals surface area contributed by atoms with Crippen LogP contribution in [0.4, 0.5) is 0 Å². The Morgan fingerprint density at radius 3 is 2.20 bits per heavy atom. The third-order valence-electron chi connectivity index (χ3n) is 6.88. The molecule has 2 heterocycles. The first-order chi connectivity index (χ1) is 14.6. The molecule has 2 aliphatic heterocycles. The van der Waals surface area contributed by atoms with Gasteiger partial charge in [0.15, 0.2) is 0 Å². The van der Waals surface area contributed by atoms with Crippen molar-refractivity contribution in [1.82, 2.24) is 20.0 Å². The lowest BCUT2D eigenvalue weighted by molar-refractivity contribution is -0.135. The van der Waals surface area contributed by atoms with E-state index in [4.69, 9.17) is 4.74 Å². The van der Waals surface area contributed by atoms with Crippen molar-refractivity contribution in [2.24, 2.45) is 0 Å². The van der Waals surface area contributed by atoms with Crippen LogP contribution in [0.1, 0.15) is 24.8 Å². The lowest BCUT2D eigenvalue weighted by Gasteiger charge is -2.43. The summed E-state index contributed by atoms with van der Waals surface area (Å²) in [6.07, 6.45) is 3.51. The number of morpholine rings is 1. The first-order valence-corrected chi connectivity index (χ1v) is 11.3. The van der Waals surface area contributed by atoms with Crippen LogP contribution in [-0.4, -0.2) is 98.6 Å². The summed E-state index contributed by atoms with van der Waals surface area (Å²) in [5, 5.41) is 3.18. The SMILES string of the molecule is O=C(CN1CCN(C(=O)CN2CCOCC2)CC1)NCC1(c2ccccc2)CCC1. The number of carbonyl (C=O) groups is 2. The fourth-order valence-corrected chi connectivity index (χ4v) is 4.70. The van der Waals surface area contributed by atoms with Gasteiger partial charge in [0.1, 0.15) is 0 Å². The predicted octanol–water partition coefficient (Wildman–Crippen LogP) is 0.701. The van der Waals surface area contributed by atoms with Gasteiger partial charge in [-0.2, -0.15) is 0 Å². The molecule has 1 aromatic carbocycles. The normalized spacial score (nSPS) is 22.3. The van der Waals surface area contributed by atoms with E-state index in [1.807, 2.05) is 11.0 Å². The molecule has 1 saturated carbocycles. The number of benzene rings is 1. The van der Waals surface area contributed by atoms with Gasteiger partial charge in [-0.25, -0.2) is 0 Å². The van der Waals surface area contributed by atoms with E-state index in [1.165, 1.54) is 12.0 Å². The van der Waals surface area contributed by atoms with Crippen molar-refractivity contribution in [3.8, 4) is 0 Å². The number of nitrogens with one attached hydrogen (secondary N) is 1. The average molecular weight is 415 g/mol. The van der Waals surface area contributed by atoms with Gasteiger partial charge < -0.3 is 15.0 Å². The summed E-state index contributed by atoms with van der Waals surface area (Å²) in [6, 6.07) is 10.6. The molecule has 0 aromatic heterocycles. The molecule has 1 aromatic rings. The second-order valence-electron chi connectivity index (χ2n) is 8.82.